The first-order chi connectivity index (χ1) is 6.79. The van der Waals surface area contributed by atoms with E-state index < -0.39 is 15.6 Å². The topological polar surface area (TPSA) is 58.2 Å². The summed E-state index contributed by atoms with van der Waals surface area (Å²) in [7, 11) is -3.12. The Morgan fingerprint density at radius 3 is 2.60 bits per heavy atom. The monoisotopic (exact) mass is 252 g/mol. The van der Waals surface area contributed by atoms with E-state index in [4.69, 9.17) is 0 Å². The molecule has 90 valence electrons. The summed E-state index contributed by atoms with van der Waals surface area (Å²) in [5.74, 6) is 2.34. The highest BCUT2D eigenvalue weighted by molar-refractivity contribution is 7.99. The third-order valence-electron chi connectivity index (χ3n) is 2.22. The maximum Gasteiger partial charge on any atom is 0.209 e. The lowest BCUT2D eigenvalue weighted by Crippen LogP contribution is -2.51. The molecule has 0 aromatic heterocycles. The summed E-state index contributed by atoms with van der Waals surface area (Å²) in [5.41, 5.74) is -0.416. The van der Waals surface area contributed by atoms with Crippen molar-refractivity contribution < 1.29 is 8.42 Å². The van der Waals surface area contributed by atoms with Crippen LogP contribution in [-0.2, 0) is 10.0 Å². The van der Waals surface area contributed by atoms with Crippen LogP contribution in [0.25, 0.3) is 0 Å². The summed E-state index contributed by atoms with van der Waals surface area (Å²) in [6.45, 7) is 4.46. The molecule has 1 fully saturated rings. The van der Waals surface area contributed by atoms with E-state index in [1.807, 2.05) is 25.6 Å². The molecule has 1 aliphatic heterocycles. The van der Waals surface area contributed by atoms with E-state index in [0.717, 1.165) is 5.75 Å². The highest BCUT2D eigenvalue weighted by atomic mass is 32.2. The van der Waals surface area contributed by atoms with Gasteiger partial charge < -0.3 is 5.32 Å². The molecule has 4 nitrogen and oxygen atoms in total. The van der Waals surface area contributed by atoms with Crippen molar-refractivity contribution in [3.05, 3.63) is 0 Å². The lowest BCUT2D eigenvalue weighted by Gasteiger charge is -2.27. The van der Waals surface area contributed by atoms with Gasteiger partial charge in [0, 0.05) is 23.9 Å². The van der Waals surface area contributed by atoms with E-state index in [1.165, 1.54) is 18.4 Å². The number of hydrogen-bond donors (Lipinski definition) is 2. The van der Waals surface area contributed by atoms with Gasteiger partial charge in [-0.25, -0.2) is 13.1 Å². The van der Waals surface area contributed by atoms with Crippen LogP contribution >= 0.6 is 11.8 Å². The minimum atomic E-state index is -3.12. The van der Waals surface area contributed by atoms with Gasteiger partial charge in [-0.3, -0.25) is 0 Å². The summed E-state index contributed by atoms with van der Waals surface area (Å²) in [4.78, 5) is 0. The maximum absolute atomic E-state index is 11.1. The average Bonchev–Trinajstić information content (AvgIpc) is 2.47. The lowest BCUT2D eigenvalue weighted by atomic mass is 10.1. The number of thioether (sulfide) groups is 1. The first kappa shape index (κ1) is 13.3. The van der Waals surface area contributed by atoms with Crippen LogP contribution in [-0.4, -0.2) is 44.3 Å². The van der Waals surface area contributed by atoms with Gasteiger partial charge in [-0.05, 0) is 26.0 Å². The van der Waals surface area contributed by atoms with Crippen molar-refractivity contribution in [2.45, 2.75) is 31.8 Å². The van der Waals surface area contributed by atoms with Crippen LogP contribution in [0.4, 0.5) is 0 Å². The highest BCUT2D eigenvalue weighted by Crippen LogP contribution is 2.17. The van der Waals surface area contributed by atoms with Crippen molar-refractivity contribution in [3.8, 4) is 0 Å². The zero-order valence-electron chi connectivity index (χ0n) is 9.54. The quantitative estimate of drug-likeness (QED) is 0.744. The molecule has 0 saturated carbocycles. The zero-order chi connectivity index (χ0) is 11.5. The molecule has 0 radical (unpaired) electrons. The van der Waals surface area contributed by atoms with Crippen LogP contribution in [0.1, 0.15) is 20.3 Å². The van der Waals surface area contributed by atoms with Gasteiger partial charge in [0.25, 0.3) is 0 Å². The Morgan fingerprint density at radius 1 is 1.47 bits per heavy atom. The Labute approximate surface area is 96.6 Å². The molecular weight excluding hydrogens is 232 g/mol. The second-order valence-corrected chi connectivity index (χ2v) is 7.60. The Hall–Kier alpha value is 0.220. The molecular formula is C9H20N2O2S2. The first-order valence-corrected chi connectivity index (χ1v) is 8.13. The van der Waals surface area contributed by atoms with Crippen molar-refractivity contribution >= 4 is 21.8 Å². The molecule has 6 heteroatoms. The summed E-state index contributed by atoms with van der Waals surface area (Å²) >= 11 is 1.94. The fourth-order valence-electron chi connectivity index (χ4n) is 1.63. The minimum Gasteiger partial charge on any atom is -0.311 e. The zero-order valence-corrected chi connectivity index (χ0v) is 11.2. The van der Waals surface area contributed by atoms with E-state index in [2.05, 4.69) is 10.0 Å². The van der Waals surface area contributed by atoms with Crippen LogP contribution in [0.5, 0.6) is 0 Å². The molecule has 0 amide bonds. The Kier molecular flexibility index (Phi) is 4.46. The third kappa shape index (κ3) is 5.75. The number of sulfonamides is 1. The van der Waals surface area contributed by atoms with Gasteiger partial charge in [-0.1, -0.05) is 0 Å². The van der Waals surface area contributed by atoms with E-state index in [1.54, 1.807) is 0 Å². The Morgan fingerprint density at radius 2 is 2.13 bits per heavy atom. The number of nitrogens with one attached hydrogen (secondary N) is 2. The maximum atomic E-state index is 11.1. The molecule has 2 N–H and O–H groups in total. The molecule has 1 aliphatic rings. The smallest absolute Gasteiger partial charge is 0.209 e. The molecule has 1 rings (SSSR count). The standard InChI is InChI=1S/C9H20N2O2S2/c1-9(2,11-15(3,12)13)7-10-8-4-5-14-6-8/h8,10-11H,4-7H2,1-3H3. The lowest BCUT2D eigenvalue weighted by molar-refractivity contribution is 0.397. The van der Waals surface area contributed by atoms with Crippen molar-refractivity contribution in [3.63, 3.8) is 0 Å². The summed E-state index contributed by atoms with van der Waals surface area (Å²) < 4.78 is 24.8. The third-order valence-corrected chi connectivity index (χ3v) is 4.31. The largest absolute Gasteiger partial charge is 0.311 e. The van der Waals surface area contributed by atoms with Gasteiger partial charge in [0.2, 0.25) is 10.0 Å². The van der Waals surface area contributed by atoms with Crippen molar-refractivity contribution in [1.82, 2.24) is 10.0 Å². The second kappa shape index (κ2) is 5.03. The molecule has 0 aromatic carbocycles. The van der Waals surface area contributed by atoms with Crippen LogP contribution < -0.4 is 10.0 Å². The fourth-order valence-corrected chi connectivity index (χ4v) is 3.90. The van der Waals surface area contributed by atoms with Gasteiger partial charge in [-0.2, -0.15) is 11.8 Å². The van der Waals surface area contributed by atoms with Crippen LogP contribution in [0, 0.1) is 0 Å². The molecule has 1 unspecified atom stereocenters. The number of rotatable bonds is 5. The summed E-state index contributed by atoms with van der Waals surface area (Å²) in [6.07, 6.45) is 2.37. The Bertz CT molecular complexity index is 295. The predicted molar refractivity (Wildman–Crippen MR) is 65.8 cm³/mol. The van der Waals surface area contributed by atoms with Crippen LogP contribution in [0.2, 0.25) is 0 Å². The van der Waals surface area contributed by atoms with Gasteiger partial charge in [-0.15, -0.1) is 0 Å². The SMILES string of the molecule is CC(C)(CNC1CCSC1)NS(C)(=O)=O. The molecule has 1 atom stereocenters. The van der Waals surface area contributed by atoms with Crippen molar-refractivity contribution in [1.29, 1.82) is 0 Å². The van der Waals surface area contributed by atoms with Crippen LogP contribution in [0.15, 0.2) is 0 Å². The summed E-state index contributed by atoms with van der Waals surface area (Å²) in [6, 6.07) is 0.538. The predicted octanol–water partition coefficient (Wildman–Crippen LogP) is 0.409. The summed E-state index contributed by atoms with van der Waals surface area (Å²) in [5, 5.41) is 3.40. The normalized spacial score (nSPS) is 23.3. The van der Waals surface area contributed by atoms with Crippen molar-refractivity contribution in [2.24, 2.45) is 0 Å². The fraction of sp³-hybridized carbons (Fsp3) is 1.00. The Balaban J connectivity index is 2.35. The van der Waals surface area contributed by atoms with Crippen LogP contribution in [0.3, 0.4) is 0 Å². The van der Waals surface area contributed by atoms with Gasteiger partial charge in [0.05, 0.1) is 6.26 Å². The van der Waals surface area contributed by atoms with Gasteiger partial charge >= 0.3 is 0 Å². The first-order valence-electron chi connectivity index (χ1n) is 5.09. The van der Waals surface area contributed by atoms with E-state index >= 15 is 0 Å². The van der Waals surface area contributed by atoms with Crippen molar-refractivity contribution in [2.75, 3.05) is 24.3 Å². The molecule has 15 heavy (non-hydrogen) atoms. The highest BCUT2D eigenvalue weighted by Gasteiger charge is 2.24. The molecule has 0 aliphatic carbocycles. The molecule has 1 saturated heterocycles. The van der Waals surface area contributed by atoms with Gasteiger partial charge in [0.1, 0.15) is 0 Å². The van der Waals surface area contributed by atoms with E-state index in [9.17, 15) is 8.42 Å². The molecule has 0 bridgehead atoms. The molecule has 0 spiro atoms. The minimum absolute atomic E-state index is 0.416. The molecule has 1 heterocycles. The second-order valence-electron chi connectivity index (χ2n) is 4.70. The van der Waals surface area contributed by atoms with Gasteiger partial charge in [0.15, 0.2) is 0 Å². The van der Waals surface area contributed by atoms with E-state index in [0.29, 0.717) is 12.6 Å². The number of hydrogen-bond acceptors (Lipinski definition) is 4. The van der Waals surface area contributed by atoms with E-state index in [-0.39, 0.29) is 0 Å². The molecule has 0 aromatic rings. The average molecular weight is 252 g/mol.